The number of ether oxygens (including phenoxy) is 1. The molecule has 0 aliphatic rings. The summed E-state index contributed by atoms with van der Waals surface area (Å²) in [4.78, 5) is 28.5. The van der Waals surface area contributed by atoms with Gasteiger partial charge >= 0.3 is 0 Å². The van der Waals surface area contributed by atoms with Crippen molar-refractivity contribution in [1.29, 1.82) is 0 Å². The van der Waals surface area contributed by atoms with E-state index in [1.54, 1.807) is 31.4 Å². The average Bonchev–Trinajstić information content (AvgIpc) is 2.85. The standard InChI is InChI=1S/C29H43N3O5S/c1-9-21(3)30-28(34)26(10-2)31(19-22-12-11-13-25(18-22)37-7)27(33)20-32(38(8,35)36)24-16-14-23(15-17-24)29(4,5)6/h11-18,21,26H,9-10,19-20H2,1-8H3,(H,30,34). The van der Waals surface area contributed by atoms with Crippen molar-refractivity contribution in [2.75, 3.05) is 24.2 Å². The number of hydrogen-bond acceptors (Lipinski definition) is 5. The lowest BCUT2D eigenvalue weighted by Gasteiger charge is -2.33. The van der Waals surface area contributed by atoms with E-state index in [1.165, 1.54) is 4.90 Å². The minimum absolute atomic E-state index is 0.0563. The third-order valence-corrected chi connectivity index (χ3v) is 7.72. The molecule has 0 radical (unpaired) electrons. The van der Waals surface area contributed by atoms with Gasteiger partial charge in [-0.1, -0.05) is 58.9 Å². The fourth-order valence-corrected chi connectivity index (χ4v) is 4.92. The Hall–Kier alpha value is -3.07. The molecule has 2 atom stereocenters. The van der Waals surface area contributed by atoms with E-state index >= 15 is 0 Å². The summed E-state index contributed by atoms with van der Waals surface area (Å²) in [5.74, 6) is -0.105. The quantitative estimate of drug-likeness (QED) is 0.424. The van der Waals surface area contributed by atoms with Crippen molar-refractivity contribution in [1.82, 2.24) is 10.2 Å². The molecule has 0 aliphatic heterocycles. The van der Waals surface area contributed by atoms with Crippen LogP contribution in [0.25, 0.3) is 0 Å². The fourth-order valence-electron chi connectivity index (χ4n) is 4.07. The molecule has 2 rings (SSSR count). The summed E-state index contributed by atoms with van der Waals surface area (Å²) in [5.41, 5.74) is 2.11. The van der Waals surface area contributed by atoms with Crippen LogP contribution in [0.1, 0.15) is 65.5 Å². The number of sulfonamides is 1. The SMILES string of the molecule is CCC(C)NC(=O)C(CC)N(Cc1cccc(OC)c1)C(=O)CN(c1ccc(C(C)(C)C)cc1)S(C)(=O)=O. The second-order valence-corrected chi connectivity index (χ2v) is 12.6. The van der Waals surface area contributed by atoms with Crippen molar-refractivity contribution >= 4 is 27.5 Å². The van der Waals surface area contributed by atoms with Crippen LogP contribution in [0.5, 0.6) is 5.75 Å². The van der Waals surface area contributed by atoms with E-state index in [2.05, 4.69) is 26.1 Å². The summed E-state index contributed by atoms with van der Waals surface area (Å²) < 4.78 is 32.1. The van der Waals surface area contributed by atoms with Crippen LogP contribution in [0.3, 0.4) is 0 Å². The first-order valence-electron chi connectivity index (χ1n) is 13.0. The Bertz CT molecular complexity index is 1190. The highest BCUT2D eigenvalue weighted by molar-refractivity contribution is 7.92. The van der Waals surface area contributed by atoms with Crippen molar-refractivity contribution in [3.8, 4) is 5.75 Å². The molecule has 0 bridgehead atoms. The maximum atomic E-state index is 13.8. The first kappa shape index (κ1) is 31.1. The maximum Gasteiger partial charge on any atom is 0.244 e. The Morgan fingerprint density at radius 1 is 1.03 bits per heavy atom. The third-order valence-electron chi connectivity index (χ3n) is 6.57. The molecule has 8 nitrogen and oxygen atoms in total. The maximum absolute atomic E-state index is 13.8. The molecular formula is C29H43N3O5S. The molecule has 2 unspecified atom stereocenters. The molecule has 0 aromatic heterocycles. The number of benzene rings is 2. The molecule has 9 heteroatoms. The zero-order chi connectivity index (χ0) is 28.7. The van der Waals surface area contributed by atoms with Gasteiger partial charge in [0.05, 0.1) is 19.1 Å². The molecular weight excluding hydrogens is 502 g/mol. The number of anilines is 1. The minimum atomic E-state index is -3.79. The van der Waals surface area contributed by atoms with E-state index in [4.69, 9.17) is 4.74 Å². The monoisotopic (exact) mass is 545 g/mol. The van der Waals surface area contributed by atoms with Crippen molar-refractivity contribution in [3.05, 3.63) is 59.7 Å². The van der Waals surface area contributed by atoms with E-state index in [0.717, 1.165) is 28.1 Å². The first-order chi connectivity index (χ1) is 17.7. The highest BCUT2D eigenvalue weighted by Crippen LogP contribution is 2.26. The number of nitrogens with zero attached hydrogens (tertiary/aromatic N) is 2. The average molecular weight is 546 g/mol. The van der Waals surface area contributed by atoms with Crippen LogP contribution >= 0.6 is 0 Å². The number of carbonyl (C=O) groups excluding carboxylic acids is 2. The normalized spacial score (nSPS) is 13.4. The van der Waals surface area contributed by atoms with E-state index in [-0.39, 0.29) is 23.9 Å². The van der Waals surface area contributed by atoms with Gasteiger partial charge in [-0.3, -0.25) is 13.9 Å². The van der Waals surface area contributed by atoms with Crippen LogP contribution in [0.15, 0.2) is 48.5 Å². The summed E-state index contributed by atoms with van der Waals surface area (Å²) in [6, 6.07) is 13.6. The Balaban J connectivity index is 2.47. The molecule has 2 aromatic rings. The third kappa shape index (κ3) is 8.48. The molecule has 0 aliphatic carbocycles. The summed E-state index contributed by atoms with van der Waals surface area (Å²) in [5, 5.41) is 2.97. The molecule has 210 valence electrons. The number of carbonyl (C=O) groups is 2. The summed E-state index contributed by atoms with van der Waals surface area (Å²) in [7, 11) is -2.23. The van der Waals surface area contributed by atoms with E-state index in [0.29, 0.717) is 17.9 Å². The Labute approximate surface area is 228 Å². The number of nitrogens with one attached hydrogen (secondary N) is 1. The van der Waals surface area contributed by atoms with Gasteiger partial charge in [0.25, 0.3) is 0 Å². The second-order valence-electron chi connectivity index (χ2n) is 10.7. The van der Waals surface area contributed by atoms with Crippen LogP contribution < -0.4 is 14.4 Å². The van der Waals surface area contributed by atoms with Gasteiger partial charge in [-0.05, 0) is 60.6 Å². The number of methoxy groups -OCH3 is 1. The second kappa shape index (κ2) is 13.1. The lowest BCUT2D eigenvalue weighted by molar-refractivity contribution is -0.140. The minimum Gasteiger partial charge on any atom is -0.497 e. The van der Waals surface area contributed by atoms with Gasteiger partial charge in [0.1, 0.15) is 18.3 Å². The van der Waals surface area contributed by atoms with Crippen LogP contribution in [-0.4, -0.2) is 57.1 Å². The van der Waals surface area contributed by atoms with E-state index in [9.17, 15) is 18.0 Å². The van der Waals surface area contributed by atoms with Crippen molar-refractivity contribution in [3.63, 3.8) is 0 Å². The molecule has 0 fully saturated rings. The van der Waals surface area contributed by atoms with Gasteiger partial charge in [-0.15, -0.1) is 0 Å². The van der Waals surface area contributed by atoms with Crippen molar-refractivity contribution < 1.29 is 22.7 Å². The molecule has 0 heterocycles. The number of hydrogen-bond donors (Lipinski definition) is 1. The summed E-state index contributed by atoms with van der Waals surface area (Å²) in [6.07, 6.45) is 2.20. The van der Waals surface area contributed by atoms with Crippen molar-refractivity contribution in [2.24, 2.45) is 0 Å². The lowest BCUT2D eigenvalue weighted by atomic mass is 9.87. The van der Waals surface area contributed by atoms with Gasteiger partial charge in [0, 0.05) is 12.6 Å². The molecule has 0 saturated heterocycles. The predicted molar refractivity (Wildman–Crippen MR) is 153 cm³/mol. The van der Waals surface area contributed by atoms with Crippen molar-refractivity contribution in [2.45, 2.75) is 78.4 Å². The van der Waals surface area contributed by atoms with Crippen LogP contribution in [0.2, 0.25) is 0 Å². The van der Waals surface area contributed by atoms with Crippen LogP contribution in [0, 0.1) is 0 Å². The molecule has 2 aromatic carbocycles. The fraction of sp³-hybridized carbons (Fsp3) is 0.517. The summed E-state index contributed by atoms with van der Waals surface area (Å²) in [6.45, 7) is 11.6. The van der Waals surface area contributed by atoms with Gasteiger partial charge in [0.15, 0.2) is 0 Å². The number of rotatable bonds is 12. The Morgan fingerprint density at radius 3 is 2.16 bits per heavy atom. The smallest absolute Gasteiger partial charge is 0.244 e. The lowest BCUT2D eigenvalue weighted by Crippen LogP contribution is -2.53. The Kier molecular flexibility index (Phi) is 10.8. The van der Waals surface area contributed by atoms with Crippen LogP contribution in [0.4, 0.5) is 5.69 Å². The van der Waals surface area contributed by atoms with Crippen LogP contribution in [-0.2, 0) is 31.6 Å². The largest absolute Gasteiger partial charge is 0.497 e. The van der Waals surface area contributed by atoms with Gasteiger partial charge in [0.2, 0.25) is 21.8 Å². The number of amides is 2. The molecule has 0 spiro atoms. The molecule has 1 N–H and O–H groups in total. The molecule has 0 saturated carbocycles. The zero-order valence-corrected chi connectivity index (χ0v) is 24.8. The van der Waals surface area contributed by atoms with Gasteiger partial charge in [-0.25, -0.2) is 8.42 Å². The highest BCUT2D eigenvalue weighted by atomic mass is 32.2. The highest BCUT2D eigenvalue weighted by Gasteiger charge is 2.32. The molecule has 38 heavy (non-hydrogen) atoms. The van der Waals surface area contributed by atoms with E-state index in [1.807, 2.05) is 45.0 Å². The molecule has 2 amide bonds. The first-order valence-corrected chi connectivity index (χ1v) is 14.9. The Morgan fingerprint density at radius 2 is 1.66 bits per heavy atom. The van der Waals surface area contributed by atoms with Gasteiger partial charge < -0.3 is 15.0 Å². The predicted octanol–water partition coefficient (Wildman–Crippen LogP) is 4.48. The summed E-state index contributed by atoms with van der Waals surface area (Å²) >= 11 is 0. The van der Waals surface area contributed by atoms with Gasteiger partial charge in [-0.2, -0.15) is 0 Å². The zero-order valence-electron chi connectivity index (χ0n) is 23.9. The topological polar surface area (TPSA) is 96.0 Å². The van der Waals surface area contributed by atoms with E-state index < -0.39 is 28.5 Å².